The van der Waals surface area contributed by atoms with Crippen molar-refractivity contribution in [2.75, 3.05) is 7.11 Å². The number of hydrogen-bond donors (Lipinski definition) is 2. The number of primary amides is 1. The van der Waals surface area contributed by atoms with Gasteiger partial charge in [0.25, 0.3) is 15.9 Å². The molecule has 0 aliphatic rings. The number of amides is 2. The van der Waals surface area contributed by atoms with E-state index in [1.54, 1.807) is 19.1 Å². The van der Waals surface area contributed by atoms with Crippen LogP contribution in [0.2, 0.25) is 0 Å². The molecular weight excluding hydrogens is 332 g/mol. The predicted octanol–water partition coefficient (Wildman–Crippen LogP) is 1.22. The quantitative estimate of drug-likeness (QED) is 0.843. The molecule has 8 heteroatoms. The number of hydrogen-bond acceptors (Lipinski definition) is 5. The van der Waals surface area contributed by atoms with Gasteiger partial charge in [0.15, 0.2) is 0 Å². The Hall–Kier alpha value is -2.87. The predicted molar refractivity (Wildman–Crippen MR) is 87.3 cm³/mol. The van der Waals surface area contributed by atoms with Crippen molar-refractivity contribution < 1.29 is 22.7 Å². The Morgan fingerprint density at radius 1 is 1.08 bits per heavy atom. The van der Waals surface area contributed by atoms with E-state index in [1.807, 2.05) is 4.72 Å². The SMILES string of the molecule is COc1ccc(C)cc1C(=O)NS(=O)(=O)c1ccc(C(N)=O)cc1. The molecule has 0 atom stereocenters. The van der Waals surface area contributed by atoms with Crippen molar-refractivity contribution in [3.63, 3.8) is 0 Å². The molecule has 2 amide bonds. The van der Waals surface area contributed by atoms with Gasteiger partial charge >= 0.3 is 0 Å². The average molecular weight is 348 g/mol. The molecule has 0 aliphatic heterocycles. The van der Waals surface area contributed by atoms with Gasteiger partial charge in [0.2, 0.25) is 5.91 Å². The first-order chi connectivity index (χ1) is 11.2. The zero-order chi connectivity index (χ0) is 17.9. The largest absolute Gasteiger partial charge is 0.496 e. The molecule has 126 valence electrons. The summed E-state index contributed by atoms with van der Waals surface area (Å²) < 4.78 is 31.6. The van der Waals surface area contributed by atoms with Gasteiger partial charge in [0, 0.05) is 5.56 Å². The molecule has 0 saturated carbocycles. The van der Waals surface area contributed by atoms with Crippen LogP contribution in [-0.2, 0) is 10.0 Å². The molecule has 0 saturated heterocycles. The van der Waals surface area contributed by atoms with Gasteiger partial charge in [-0.2, -0.15) is 0 Å². The summed E-state index contributed by atoms with van der Waals surface area (Å²) in [6.45, 7) is 1.77. The minimum Gasteiger partial charge on any atom is -0.496 e. The number of carbonyl (C=O) groups is 2. The van der Waals surface area contributed by atoms with Crippen molar-refractivity contribution in [2.45, 2.75) is 11.8 Å². The highest BCUT2D eigenvalue weighted by molar-refractivity contribution is 7.90. The van der Waals surface area contributed by atoms with E-state index in [2.05, 4.69) is 0 Å². The fourth-order valence-corrected chi connectivity index (χ4v) is 3.00. The topological polar surface area (TPSA) is 116 Å². The molecule has 2 rings (SSSR count). The molecule has 2 aromatic rings. The minimum absolute atomic E-state index is 0.106. The van der Waals surface area contributed by atoms with Crippen LogP contribution in [-0.4, -0.2) is 27.3 Å². The fraction of sp³-hybridized carbons (Fsp3) is 0.125. The number of ether oxygens (including phenoxy) is 1. The lowest BCUT2D eigenvalue weighted by Gasteiger charge is -2.11. The Bertz CT molecular complexity index is 889. The maximum atomic E-state index is 12.3. The van der Waals surface area contributed by atoms with Gasteiger partial charge in [-0.15, -0.1) is 0 Å². The third-order valence-electron chi connectivity index (χ3n) is 3.28. The summed E-state index contributed by atoms with van der Waals surface area (Å²) in [4.78, 5) is 23.2. The van der Waals surface area contributed by atoms with Crippen LogP contribution in [0.3, 0.4) is 0 Å². The second-order valence-electron chi connectivity index (χ2n) is 5.03. The smallest absolute Gasteiger partial charge is 0.268 e. The van der Waals surface area contributed by atoms with Crippen molar-refractivity contribution >= 4 is 21.8 Å². The van der Waals surface area contributed by atoms with E-state index in [0.717, 1.165) is 5.56 Å². The summed E-state index contributed by atoms with van der Waals surface area (Å²) in [7, 11) is -2.71. The molecule has 2 aromatic carbocycles. The molecule has 3 N–H and O–H groups in total. The second kappa shape index (κ2) is 6.71. The molecule has 7 nitrogen and oxygen atoms in total. The van der Waals surface area contributed by atoms with Gasteiger partial charge in [0.1, 0.15) is 5.75 Å². The van der Waals surface area contributed by atoms with Crippen molar-refractivity contribution in [1.82, 2.24) is 4.72 Å². The van der Waals surface area contributed by atoms with Gasteiger partial charge in [-0.1, -0.05) is 11.6 Å². The highest BCUT2D eigenvalue weighted by Gasteiger charge is 2.21. The second-order valence-corrected chi connectivity index (χ2v) is 6.71. The number of sulfonamides is 1. The Kier molecular flexibility index (Phi) is 4.89. The van der Waals surface area contributed by atoms with Crippen molar-refractivity contribution in [3.05, 3.63) is 59.2 Å². The van der Waals surface area contributed by atoms with Gasteiger partial charge in [-0.3, -0.25) is 9.59 Å². The highest BCUT2D eigenvalue weighted by Crippen LogP contribution is 2.20. The summed E-state index contributed by atoms with van der Waals surface area (Å²) in [6, 6.07) is 9.79. The molecule has 0 fully saturated rings. The van der Waals surface area contributed by atoms with Gasteiger partial charge < -0.3 is 10.5 Å². The average Bonchev–Trinajstić information content (AvgIpc) is 2.54. The van der Waals surface area contributed by atoms with Crippen LogP contribution in [0.5, 0.6) is 5.75 Å². The van der Waals surface area contributed by atoms with Gasteiger partial charge in [-0.25, -0.2) is 13.1 Å². The molecule has 0 aliphatic carbocycles. The Morgan fingerprint density at radius 3 is 2.25 bits per heavy atom. The van der Waals surface area contributed by atoms with Gasteiger partial charge in [-0.05, 0) is 43.3 Å². The van der Waals surface area contributed by atoms with Crippen LogP contribution in [0.25, 0.3) is 0 Å². The van der Waals surface area contributed by atoms with Crippen LogP contribution >= 0.6 is 0 Å². The van der Waals surface area contributed by atoms with Crippen LogP contribution in [0, 0.1) is 6.92 Å². The summed E-state index contributed by atoms with van der Waals surface area (Å²) >= 11 is 0. The first kappa shape index (κ1) is 17.5. The molecule has 0 heterocycles. The molecule has 0 radical (unpaired) electrons. The molecular formula is C16H16N2O5S. The summed E-state index contributed by atoms with van der Waals surface area (Å²) in [5.41, 5.74) is 6.16. The molecule has 0 bridgehead atoms. The van der Waals surface area contributed by atoms with Crippen molar-refractivity contribution in [3.8, 4) is 5.75 Å². The van der Waals surface area contributed by atoms with E-state index in [1.165, 1.54) is 37.4 Å². The first-order valence-corrected chi connectivity index (χ1v) is 8.34. The highest BCUT2D eigenvalue weighted by atomic mass is 32.2. The number of benzene rings is 2. The van der Waals surface area contributed by atoms with E-state index in [-0.39, 0.29) is 21.8 Å². The number of aryl methyl sites for hydroxylation is 1. The Labute approximate surface area is 139 Å². The number of methoxy groups -OCH3 is 1. The first-order valence-electron chi connectivity index (χ1n) is 6.86. The van der Waals surface area contributed by atoms with E-state index < -0.39 is 21.8 Å². The lowest BCUT2D eigenvalue weighted by molar-refractivity contribution is 0.0975. The third kappa shape index (κ3) is 3.72. The van der Waals surface area contributed by atoms with Gasteiger partial charge in [0.05, 0.1) is 17.6 Å². The Morgan fingerprint density at radius 2 is 1.71 bits per heavy atom. The summed E-state index contributed by atoms with van der Waals surface area (Å²) in [5.74, 6) is -1.22. The number of carbonyl (C=O) groups excluding carboxylic acids is 2. The lowest BCUT2D eigenvalue weighted by atomic mass is 10.1. The number of rotatable bonds is 5. The normalized spacial score (nSPS) is 10.9. The van der Waals surface area contributed by atoms with E-state index in [0.29, 0.717) is 0 Å². The zero-order valence-electron chi connectivity index (χ0n) is 13.1. The lowest BCUT2D eigenvalue weighted by Crippen LogP contribution is -2.31. The van der Waals surface area contributed by atoms with Crippen molar-refractivity contribution in [1.29, 1.82) is 0 Å². The van der Waals surface area contributed by atoms with E-state index >= 15 is 0 Å². The zero-order valence-corrected chi connectivity index (χ0v) is 13.9. The van der Waals surface area contributed by atoms with E-state index in [4.69, 9.17) is 10.5 Å². The third-order valence-corrected chi connectivity index (χ3v) is 4.62. The number of nitrogens with two attached hydrogens (primary N) is 1. The van der Waals surface area contributed by atoms with E-state index in [9.17, 15) is 18.0 Å². The Balaban J connectivity index is 2.30. The minimum atomic E-state index is -4.10. The van der Waals surface area contributed by atoms with Crippen LogP contribution in [0.1, 0.15) is 26.3 Å². The van der Waals surface area contributed by atoms with Crippen LogP contribution in [0.15, 0.2) is 47.4 Å². The number of nitrogens with one attached hydrogen (secondary N) is 1. The monoisotopic (exact) mass is 348 g/mol. The van der Waals surface area contributed by atoms with Crippen molar-refractivity contribution in [2.24, 2.45) is 5.73 Å². The van der Waals surface area contributed by atoms with Crippen LogP contribution < -0.4 is 15.2 Å². The molecule has 0 aromatic heterocycles. The maximum Gasteiger partial charge on any atom is 0.268 e. The molecule has 24 heavy (non-hydrogen) atoms. The molecule has 0 spiro atoms. The van der Waals surface area contributed by atoms with Crippen LogP contribution in [0.4, 0.5) is 0 Å². The standard InChI is InChI=1S/C16H16N2O5S/c1-10-3-8-14(23-2)13(9-10)16(20)18-24(21,22)12-6-4-11(5-7-12)15(17)19/h3-9H,1-2H3,(H2,17,19)(H,18,20). The fourth-order valence-electron chi connectivity index (χ4n) is 2.03. The summed E-state index contributed by atoms with van der Waals surface area (Å²) in [5, 5.41) is 0. The maximum absolute atomic E-state index is 12.3. The summed E-state index contributed by atoms with van der Waals surface area (Å²) in [6.07, 6.45) is 0. The molecule has 0 unspecified atom stereocenters.